The monoisotopic (exact) mass is 438 g/mol. The van der Waals surface area contributed by atoms with Crippen LogP contribution in [0.1, 0.15) is 42.4 Å². The SMILES string of the molecule is COc1cccc(C2OC34CCC(c5ccccc5)CC3C(C#N)(C(=N)O4)C2(C#N)C#N)c1. The summed E-state index contributed by atoms with van der Waals surface area (Å²) in [6.07, 6.45) is 0.605. The van der Waals surface area contributed by atoms with E-state index in [0.29, 0.717) is 24.2 Å². The van der Waals surface area contributed by atoms with Crippen molar-refractivity contribution in [3.05, 3.63) is 65.7 Å². The maximum atomic E-state index is 10.5. The molecule has 0 amide bonds. The number of nitrogens with zero attached hydrogens (tertiary/aromatic N) is 3. The lowest BCUT2D eigenvalue weighted by atomic mass is 9.50. The smallest absolute Gasteiger partial charge is 0.217 e. The highest BCUT2D eigenvalue weighted by atomic mass is 16.7. The Labute approximate surface area is 192 Å². The van der Waals surface area contributed by atoms with E-state index in [0.717, 1.165) is 12.0 Å². The fourth-order valence-electron chi connectivity index (χ4n) is 5.97. The lowest BCUT2D eigenvalue weighted by molar-refractivity contribution is -0.296. The van der Waals surface area contributed by atoms with Gasteiger partial charge in [0, 0.05) is 6.42 Å². The van der Waals surface area contributed by atoms with Crippen molar-refractivity contribution in [3.8, 4) is 24.0 Å². The molecule has 3 aliphatic rings. The van der Waals surface area contributed by atoms with Gasteiger partial charge in [-0.3, -0.25) is 5.41 Å². The summed E-state index contributed by atoms with van der Waals surface area (Å²) >= 11 is 0. The molecule has 3 fully saturated rings. The van der Waals surface area contributed by atoms with Gasteiger partial charge in [0.1, 0.15) is 11.9 Å². The van der Waals surface area contributed by atoms with Crippen LogP contribution in [0.4, 0.5) is 0 Å². The number of methoxy groups -OCH3 is 1. The summed E-state index contributed by atoms with van der Waals surface area (Å²) in [6, 6.07) is 23.4. The van der Waals surface area contributed by atoms with Crippen molar-refractivity contribution in [1.82, 2.24) is 0 Å². The van der Waals surface area contributed by atoms with Gasteiger partial charge >= 0.3 is 0 Å². The Morgan fingerprint density at radius 2 is 1.73 bits per heavy atom. The zero-order chi connectivity index (χ0) is 23.3. The van der Waals surface area contributed by atoms with Crippen molar-refractivity contribution in [1.29, 1.82) is 21.2 Å². The maximum Gasteiger partial charge on any atom is 0.217 e. The molecule has 2 saturated heterocycles. The lowest BCUT2D eigenvalue weighted by Crippen LogP contribution is -2.60. The summed E-state index contributed by atoms with van der Waals surface area (Å²) in [5.41, 5.74) is -2.05. The fraction of sp³-hybridized carbons (Fsp3) is 0.385. The summed E-state index contributed by atoms with van der Waals surface area (Å²) in [5, 5.41) is 40.1. The summed E-state index contributed by atoms with van der Waals surface area (Å²) < 4.78 is 17.9. The summed E-state index contributed by atoms with van der Waals surface area (Å²) in [5.74, 6) is -1.55. The molecule has 5 atom stereocenters. The molecule has 0 spiro atoms. The van der Waals surface area contributed by atoms with E-state index in [1.165, 1.54) is 7.11 Å². The second-order valence-corrected chi connectivity index (χ2v) is 8.90. The van der Waals surface area contributed by atoms with Crippen molar-refractivity contribution < 1.29 is 14.2 Å². The topological polar surface area (TPSA) is 123 Å². The molecule has 5 unspecified atom stereocenters. The number of benzene rings is 2. The largest absolute Gasteiger partial charge is 0.497 e. The Morgan fingerprint density at radius 1 is 1.00 bits per heavy atom. The molecule has 2 aliphatic heterocycles. The summed E-state index contributed by atoms with van der Waals surface area (Å²) in [4.78, 5) is 0. The highest BCUT2D eigenvalue weighted by molar-refractivity contribution is 5.89. The Bertz CT molecular complexity index is 1230. The van der Waals surface area contributed by atoms with Gasteiger partial charge in [-0.2, -0.15) is 15.8 Å². The number of ether oxygens (including phenoxy) is 3. The second-order valence-electron chi connectivity index (χ2n) is 8.90. The zero-order valence-corrected chi connectivity index (χ0v) is 18.1. The molecule has 1 N–H and O–H groups in total. The van der Waals surface area contributed by atoms with Gasteiger partial charge in [-0.1, -0.05) is 42.5 Å². The van der Waals surface area contributed by atoms with Crippen LogP contribution in [-0.2, 0) is 9.47 Å². The van der Waals surface area contributed by atoms with E-state index in [9.17, 15) is 15.8 Å². The molecule has 7 heteroatoms. The van der Waals surface area contributed by atoms with E-state index in [2.05, 4.69) is 18.2 Å². The first kappa shape index (κ1) is 21.0. The van der Waals surface area contributed by atoms with Crippen molar-refractivity contribution in [3.63, 3.8) is 0 Å². The summed E-state index contributed by atoms with van der Waals surface area (Å²) in [7, 11) is 1.53. The number of nitrogens with one attached hydrogen (secondary N) is 1. The van der Waals surface area contributed by atoms with Gasteiger partial charge < -0.3 is 14.2 Å². The Morgan fingerprint density at radius 3 is 2.39 bits per heavy atom. The van der Waals surface area contributed by atoms with Gasteiger partial charge in [-0.05, 0) is 42.0 Å². The van der Waals surface area contributed by atoms with Gasteiger partial charge in [0.15, 0.2) is 5.41 Å². The van der Waals surface area contributed by atoms with E-state index < -0.39 is 28.6 Å². The van der Waals surface area contributed by atoms with E-state index in [-0.39, 0.29) is 11.8 Å². The minimum atomic E-state index is -1.96. The maximum absolute atomic E-state index is 10.5. The van der Waals surface area contributed by atoms with Gasteiger partial charge in [-0.25, -0.2) is 0 Å². The standard InChI is InChI=1S/C26H22N4O3/c1-31-20-9-5-8-19(12-20)22-24(14-27,15-28)25(16-29)21-13-18(17-6-3-2-4-7-17)10-11-26(21,32-22)33-23(25)30/h2-9,12,18,21-22,30H,10-11,13H2,1H3. The first-order chi connectivity index (χ1) is 16.0. The van der Waals surface area contributed by atoms with Crippen LogP contribution in [0.15, 0.2) is 54.6 Å². The molecular weight excluding hydrogens is 416 g/mol. The van der Waals surface area contributed by atoms with Gasteiger partial charge in [-0.15, -0.1) is 0 Å². The quantitative estimate of drug-likeness (QED) is 0.747. The first-order valence-corrected chi connectivity index (χ1v) is 10.9. The Hall–Kier alpha value is -3.86. The van der Waals surface area contributed by atoms with Crippen LogP contribution in [-0.4, -0.2) is 18.8 Å². The lowest BCUT2D eigenvalue weighted by Gasteiger charge is -2.52. The van der Waals surface area contributed by atoms with Crippen LogP contribution >= 0.6 is 0 Å². The fourth-order valence-corrected chi connectivity index (χ4v) is 5.97. The average molecular weight is 438 g/mol. The molecule has 33 heavy (non-hydrogen) atoms. The molecule has 2 aromatic rings. The number of hydrogen-bond acceptors (Lipinski definition) is 7. The highest BCUT2D eigenvalue weighted by Gasteiger charge is 2.81. The predicted octanol–water partition coefficient (Wildman–Crippen LogP) is 4.60. The third-order valence-electron chi connectivity index (χ3n) is 7.58. The predicted molar refractivity (Wildman–Crippen MR) is 117 cm³/mol. The normalized spacial score (nSPS) is 33.5. The Kier molecular flexibility index (Phi) is 4.67. The van der Waals surface area contributed by atoms with Crippen molar-refractivity contribution >= 4 is 5.90 Å². The third kappa shape index (κ3) is 2.59. The molecule has 2 heterocycles. The minimum absolute atomic E-state index is 0.110. The molecule has 7 nitrogen and oxygen atoms in total. The zero-order valence-electron chi connectivity index (χ0n) is 18.1. The minimum Gasteiger partial charge on any atom is -0.497 e. The number of hydrogen-bond donors (Lipinski definition) is 1. The molecule has 0 radical (unpaired) electrons. The molecule has 164 valence electrons. The van der Waals surface area contributed by atoms with E-state index in [4.69, 9.17) is 19.6 Å². The van der Waals surface area contributed by atoms with Crippen LogP contribution in [0.3, 0.4) is 0 Å². The molecule has 2 bridgehead atoms. The van der Waals surface area contributed by atoms with E-state index in [1.807, 2.05) is 30.3 Å². The van der Waals surface area contributed by atoms with E-state index in [1.54, 1.807) is 24.3 Å². The highest BCUT2D eigenvalue weighted by Crippen LogP contribution is 2.70. The summed E-state index contributed by atoms with van der Waals surface area (Å²) in [6.45, 7) is 0. The molecule has 0 aromatic heterocycles. The number of nitriles is 3. The number of rotatable bonds is 3. The van der Waals surface area contributed by atoms with Crippen molar-refractivity contribution in [2.24, 2.45) is 16.7 Å². The molecule has 5 rings (SSSR count). The molecular formula is C26H22N4O3. The van der Waals surface area contributed by atoms with Gasteiger partial charge in [0.2, 0.25) is 17.1 Å². The van der Waals surface area contributed by atoms with Gasteiger partial charge in [0.25, 0.3) is 0 Å². The Balaban J connectivity index is 1.68. The van der Waals surface area contributed by atoms with Crippen LogP contribution < -0.4 is 4.74 Å². The van der Waals surface area contributed by atoms with Crippen LogP contribution in [0.25, 0.3) is 0 Å². The van der Waals surface area contributed by atoms with Crippen LogP contribution in [0.2, 0.25) is 0 Å². The van der Waals surface area contributed by atoms with E-state index >= 15 is 0 Å². The van der Waals surface area contributed by atoms with Crippen molar-refractivity contribution in [2.75, 3.05) is 7.11 Å². The third-order valence-corrected chi connectivity index (χ3v) is 7.58. The average Bonchev–Trinajstić information content (AvgIpc) is 3.07. The molecule has 2 aromatic carbocycles. The van der Waals surface area contributed by atoms with Gasteiger partial charge in [0.05, 0.1) is 31.2 Å². The molecule has 1 aliphatic carbocycles. The van der Waals surface area contributed by atoms with Crippen LogP contribution in [0, 0.1) is 56.2 Å². The van der Waals surface area contributed by atoms with Crippen molar-refractivity contribution in [2.45, 2.75) is 37.1 Å². The first-order valence-electron chi connectivity index (χ1n) is 10.9. The second kappa shape index (κ2) is 7.34. The van der Waals surface area contributed by atoms with Crippen LogP contribution in [0.5, 0.6) is 5.75 Å². The molecule has 1 saturated carbocycles.